The second-order valence-electron chi connectivity index (χ2n) is 5.27. The summed E-state index contributed by atoms with van der Waals surface area (Å²) in [7, 11) is 0. The van der Waals surface area contributed by atoms with Crippen LogP contribution in [0.4, 0.5) is 0 Å². The lowest BCUT2D eigenvalue weighted by Gasteiger charge is -2.31. The molecule has 17 heavy (non-hydrogen) atoms. The Bertz CT molecular complexity index is 197. The molecule has 0 aromatic heterocycles. The first-order chi connectivity index (χ1) is 7.89. The normalized spacial score (nSPS) is 15.9. The highest BCUT2D eigenvalue weighted by atomic mass is 16.5. The van der Waals surface area contributed by atoms with E-state index >= 15 is 0 Å². The van der Waals surface area contributed by atoms with Gasteiger partial charge < -0.3 is 20.3 Å². The largest absolute Gasteiger partial charge is 0.396 e. The Balaban J connectivity index is 3.94. The van der Waals surface area contributed by atoms with Gasteiger partial charge in [0.25, 0.3) is 0 Å². The highest BCUT2D eigenvalue weighted by Gasteiger charge is 2.24. The summed E-state index contributed by atoms with van der Waals surface area (Å²) in [5, 5.41) is 8.99. The van der Waals surface area contributed by atoms with Gasteiger partial charge in [-0.1, -0.05) is 6.92 Å². The molecule has 0 saturated heterocycles. The first-order valence-electron chi connectivity index (χ1n) is 6.48. The number of aliphatic hydroxyl groups excluding tert-OH is 1. The molecule has 1 atom stereocenters. The molecule has 0 spiro atoms. The van der Waals surface area contributed by atoms with Crippen molar-refractivity contribution < 1.29 is 14.6 Å². The lowest BCUT2D eigenvalue weighted by molar-refractivity contribution is -0.0847. The van der Waals surface area contributed by atoms with Gasteiger partial charge in [0.2, 0.25) is 0 Å². The summed E-state index contributed by atoms with van der Waals surface area (Å²) in [5.74, 6) is 0. The van der Waals surface area contributed by atoms with Crippen LogP contribution in [-0.4, -0.2) is 42.7 Å². The van der Waals surface area contributed by atoms with Crippen LogP contribution in [0.15, 0.2) is 0 Å². The molecule has 3 N–H and O–H groups in total. The van der Waals surface area contributed by atoms with Crippen molar-refractivity contribution in [3.63, 3.8) is 0 Å². The third-order valence-electron chi connectivity index (χ3n) is 3.15. The Morgan fingerprint density at radius 1 is 1.06 bits per heavy atom. The Labute approximate surface area is 105 Å². The Hall–Kier alpha value is -0.160. The fourth-order valence-corrected chi connectivity index (χ4v) is 1.54. The monoisotopic (exact) mass is 247 g/mol. The lowest BCUT2D eigenvalue weighted by Crippen LogP contribution is -2.34. The van der Waals surface area contributed by atoms with Crippen molar-refractivity contribution in [2.75, 3.05) is 26.4 Å². The predicted octanol–water partition coefficient (Wildman–Crippen LogP) is 1.70. The van der Waals surface area contributed by atoms with Crippen LogP contribution in [0.2, 0.25) is 0 Å². The molecule has 0 rings (SSSR count). The van der Waals surface area contributed by atoms with Crippen LogP contribution in [0.25, 0.3) is 0 Å². The van der Waals surface area contributed by atoms with Gasteiger partial charge in [-0.05, 0) is 40.0 Å². The molecule has 0 aromatic rings. The van der Waals surface area contributed by atoms with Crippen molar-refractivity contribution in [2.24, 2.45) is 5.73 Å². The fourth-order valence-electron chi connectivity index (χ4n) is 1.54. The summed E-state index contributed by atoms with van der Waals surface area (Å²) in [6.07, 6.45) is 2.40. The summed E-state index contributed by atoms with van der Waals surface area (Å²) in [6, 6.07) is 0. The zero-order chi connectivity index (χ0) is 13.4. The molecule has 0 aliphatic carbocycles. The standard InChI is InChI=1S/C13H29NO3/c1-5-13(4,6-9-15)17-10-7-12(2,3)16-11-8-14/h15H,5-11,14H2,1-4H3. The Morgan fingerprint density at radius 3 is 2.18 bits per heavy atom. The maximum absolute atomic E-state index is 8.99. The second-order valence-corrected chi connectivity index (χ2v) is 5.27. The molecule has 0 fully saturated rings. The average molecular weight is 247 g/mol. The molecule has 0 aromatic carbocycles. The van der Waals surface area contributed by atoms with Crippen molar-refractivity contribution in [2.45, 2.75) is 58.2 Å². The van der Waals surface area contributed by atoms with Gasteiger partial charge in [-0.15, -0.1) is 0 Å². The van der Waals surface area contributed by atoms with E-state index in [1.54, 1.807) is 0 Å². The number of nitrogens with two attached hydrogens (primary N) is 1. The fraction of sp³-hybridized carbons (Fsp3) is 1.00. The van der Waals surface area contributed by atoms with E-state index in [0.717, 1.165) is 12.8 Å². The van der Waals surface area contributed by atoms with E-state index < -0.39 is 0 Å². The lowest BCUT2D eigenvalue weighted by atomic mass is 9.99. The van der Waals surface area contributed by atoms with E-state index in [4.69, 9.17) is 20.3 Å². The highest BCUT2D eigenvalue weighted by molar-refractivity contribution is 4.75. The van der Waals surface area contributed by atoms with Crippen LogP contribution >= 0.6 is 0 Å². The molecule has 0 heterocycles. The third-order valence-corrected chi connectivity index (χ3v) is 3.15. The molecule has 104 valence electrons. The molecule has 1 unspecified atom stereocenters. The minimum absolute atomic E-state index is 0.164. The van der Waals surface area contributed by atoms with Crippen molar-refractivity contribution in [3.05, 3.63) is 0 Å². The maximum Gasteiger partial charge on any atom is 0.0673 e. The second kappa shape index (κ2) is 8.03. The predicted molar refractivity (Wildman–Crippen MR) is 70.1 cm³/mol. The first kappa shape index (κ1) is 16.8. The van der Waals surface area contributed by atoms with Crippen molar-refractivity contribution in [1.82, 2.24) is 0 Å². The quantitative estimate of drug-likeness (QED) is 0.616. The van der Waals surface area contributed by atoms with E-state index in [1.165, 1.54) is 0 Å². The molecule has 0 radical (unpaired) electrons. The van der Waals surface area contributed by atoms with Gasteiger partial charge in [-0.25, -0.2) is 0 Å². The van der Waals surface area contributed by atoms with E-state index in [2.05, 4.69) is 6.92 Å². The molecular weight excluding hydrogens is 218 g/mol. The van der Waals surface area contributed by atoms with Gasteiger partial charge in [-0.3, -0.25) is 0 Å². The average Bonchev–Trinajstić information content (AvgIpc) is 2.26. The molecule has 0 amide bonds. The third kappa shape index (κ3) is 7.71. The number of hydrogen-bond acceptors (Lipinski definition) is 4. The van der Waals surface area contributed by atoms with Crippen molar-refractivity contribution in [3.8, 4) is 0 Å². The van der Waals surface area contributed by atoms with Gasteiger partial charge in [0.15, 0.2) is 0 Å². The molecule has 0 aliphatic heterocycles. The minimum Gasteiger partial charge on any atom is -0.396 e. The van der Waals surface area contributed by atoms with Crippen LogP contribution in [0, 0.1) is 0 Å². The molecule has 0 saturated carbocycles. The number of aliphatic hydroxyl groups is 1. The SMILES string of the molecule is CCC(C)(CCO)OCCC(C)(C)OCCN. The van der Waals surface area contributed by atoms with E-state index in [0.29, 0.717) is 26.2 Å². The summed E-state index contributed by atoms with van der Waals surface area (Å²) in [6.45, 7) is 10.1. The summed E-state index contributed by atoms with van der Waals surface area (Å²) < 4.78 is 11.5. The Kier molecular flexibility index (Phi) is 7.96. The number of rotatable bonds is 10. The molecular formula is C13H29NO3. The molecule has 0 aliphatic rings. The van der Waals surface area contributed by atoms with Crippen LogP contribution in [0.5, 0.6) is 0 Å². The van der Waals surface area contributed by atoms with Gasteiger partial charge in [0.1, 0.15) is 0 Å². The smallest absolute Gasteiger partial charge is 0.0673 e. The first-order valence-corrected chi connectivity index (χ1v) is 6.48. The van der Waals surface area contributed by atoms with Gasteiger partial charge in [0, 0.05) is 13.2 Å². The minimum atomic E-state index is -0.224. The number of hydrogen-bond donors (Lipinski definition) is 2. The zero-order valence-corrected chi connectivity index (χ0v) is 11.8. The van der Waals surface area contributed by atoms with Crippen LogP contribution in [0.3, 0.4) is 0 Å². The van der Waals surface area contributed by atoms with Gasteiger partial charge in [0.05, 0.1) is 24.4 Å². The van der Waals surface area contributed by atoms with E-state index in [-0.39, 0.29) is 17.8 Å². The summed E-state index contributed by atoms with van der Waals surface area (Å²) in [5.41, 5.74) is 4.99. The summed E-state index contributed by atoms with van der Waals surface area (Å²) in [4.78, 5) is 0. The molecule has 0 bridgehead atoms. The van der Waals surface area contributed by atoms with Crippen molar-refractivity contribution in [1.29, 1.82) is 0 Å². The van der Waals surface area contributed by atoms with E-state index in [9.17, 15) is 0 Å². The van der Waals surface area contributed by atoms with Crippen molar-refractivity contribution >= 4 is 0 Å². The number of ether oxygens (including phenoxy) is 2. The van der Waals surface area contributed by atoms with Crippen LogP contribution in [-0.2, 0) is 9.47 Å². The Morgan fingerprint density at radius 2 is 1.71 bits per heavy atom. The zero-order valence-electron chi connectivity index (χ0n) is 11.8. The van der Waals surface area contributed by atoms with E-state index in [1.807, 2.05) is 20.8 Å². The highest BCUT2D eigenvalue weighted by Crippen LogP contribution is 2.22. The molecule has 4 nitrogen and oxygen atoms in total. The van der Waals surface area contributed by atoms with Crippen LogP contribution < -0.4 is 5.73 Å². The van der Waals surface area contributed by atoms with Gasteiger partial charge in [-0.2, -0.15) is 0 Å². The van der Waals surface area contributed by atoms with Crippen LogP contribution in [0.1, 0.15) is 47.0 Å². The topological polar surface area (TPSA) is 64.7 Å². The molecule has 4 heteroatoms. The van der Waals surface area contributed by atoms with Gasteiger partial charge >= 0.3 is 0 Å². The maximum atomic E-state index is 8.99. The summed E-state index contributed by atoms with van der Waals surface area (Å²) >= 11 is 0.